The maximum Gasteiger partial charge on any atom is 0.227 e. The predicted octanol–water partition coefficient (Wildman–Crippen LogP) is 2.19. The number of nitrogens with two attached hydrogens (primary N) is 1. The van der Waals surface area contributed by atoms with Gasteiger partial charge in [0.2, 0.25) is 5.91 Å². The van der Waals surface area contributed by atoms with Gasteiger partial charge in [0.05, 0.1) is 5.69 Å². The molecule has 0 aromatic carbocycles. The number of thiazole rings is 1. The van der Waals surface area contributed by atoms with E-state index in [1.165, 1.54) is 11.3 Å². The molecule has 1 aromatic rings. The predicted molar refractivity (Wildman–Crippen MR) is 70.3 cm³/mol. The molecule has 0 aliphatic carbocycles. The summed E-state index contributed by atoms with van der Waals surface area (Å²) in [5.41, 5.74) is 6.56. The molecular weight excluding hydrogens is 246 g/mol. The molecule has 6 heteroatoms. The van der Waals surface area contributed by atoms with E-state index < -0.39 is 0 Å². The van der Waals surface area contributed by atoms with Gasteiger partial charge in [-0.05, 0) is 13.3 Å². The van der Waals surface area contributed by atoms with Gasteiger partial charge in [-0.3, -0.25) is 4.79 Å². The summed E-state index contributed by atoms with van der Waals surface area (Å²) in [7, 11) is 0. The molecule has 3 N–H and O–H groups in total. The van der Waals surface area contributed by atoms with E-state index >= 15 is 0 Å². The van der Waals surface area contributed by atoms with Crippen LogP contribution in [0.15, 0.2) is 5.38 Å². The molecule has 4 nitrogen and oxygen atoms in total. The zero-order chi connectivity index (χ0) is 11.3. The summed E-state index contributed by atoms with van der Waals surface area (Å²) in [5.74, 6) is -0.0672. The van der Waals surface area contributed by atoms with Crippen LogP contribution in [-0.2, 0) is 11.2 Å². The third-order valence-corrected chi connectivity index (χ3v) is 2.62. The van der Waals surface area contributed by atoms with Crippen molar-refractivity contribution in [3.8, 4) is 0 Å². The molecular formula is C10H18ClN3OS. The average Bonchev–Trinajstić information content (AvgIpc) is 2.51. The SMILES string of the molecule is CCCc1csc(NC(=O)CC(C)N)n1.Cl. The van der Waals surface area contributed by atoms with Gasteiger partial charge < -0.3 is 11.1 Å². The minimum Gasteiger partial charge on any atom is -0.327 e. The van der Waals surface area contributed by atoms with Crippen LogP contribution in [0.3, 0.4) is 0 Å². The highest BCUT2D eigenvalue weighted by Gasteiger charge is 2.08. The van der Waals surface area contributed by atoms with Crippen molar-refractivity contribution < 1.29 is 4.79 Å². The summed E-state index contributed by atoms with van der Waals surface area (Å²) in [5, 5.41) is 5.39. The van der Waals surface area contributed by atoms with Crippen molar-refractivity contribution in [1.29, 1.82) is 0 Å². The van der Waals surface area contributed by atoms with E-state index in [0.29, 0.717) is 11.6 Å². The molecule has 1 amide bonds. The van der Waals surface area contributed by atoms with Crippen molar-refractivity contribution in [1.82, 2.24) is 4.98 Å². The molecule has 1 atom stereocenters. The molecule has 92 valence electrons. The molecule has 0 bridgehead atoms. The number of nitrogens with zero attached hydrogens (tertiary/aromatic N) is 1. The number of halogens is 1. The first kappa shape index (κ1) is 15.3. The summed E-state index contributed by atoms with van der Waals surface area (Å²) in [4.78, 5) is 15.7. The fraction of sp³-hybridized carbons (Fsp3) is 0.600. The summed E-state index contributed by atoms with van der Waals surface area (Å²) in [6.07, 6.45) is 2.36. The lowest BCUT2D eigenvalue weighted by molar-refractivity contribution is -0.116. The molecule has 1 heterocycles. The molecule has 0 saturated heterocycles. The van der Waals surface area contributed by atoms with Gasteiger partial charge in [-0.1, -0.05) is 13.3 Å². The van der Waals surface area contributed by atoms with Gasteiger partial charge in [-0.2, -0.15) is 0 Å². The first-order chi connectivity index (χ1) is 7.11. The average molecular weight is 264 g/mol. The highest BCUT2D eigenvalue weighted by Crippen LogP contribution is 2.16. The molecule has 0 spiro atoms. The Labute approximate surface area is 106 Å². The monoisotopic (exact) mass is 263 g/mol. The molecule has 1 unspecified atom stereocenters. The Morgan fingerprint density at radius 2 is 2.38 bits per heavy atom. The molecule has 0 aliphatic rings. The van der Waals surface area contributed by atoms with Crippen LogP contribution in [0.5, 0.6) is 0 Å². The van der Waals surface area contributed by atoms with Crippen LogP contribution < -0.4 is 11.1 Å². The zero-order valence-corrected chi connectivity index (χ0v) is 11.2. The summed E-state index contributed by atoms with van der Waals surface area (Å²) in [6.45, 7) is 3.91. The Morgan fingerprint density at radius 3 is 2.94 bits per heavy atom. The number of anilines is 1. The normalized spacial score (nSPS) is 11.7. The summed E-state index contributed by atoms with van der Waals surface area (Å²) < 4.78 is 0. The maximum absolute atomic E-state index is 11.4. The van der Waals surface area contributed by atoms with Gasteiger partial charge >= 0.3 is 0 Å². The van der Waals surface area contributed by atoms with Crippen molar-refractivity contribution in [2.75, 3.05) is 5.32 Å². The Bertz CT molecular complexity index is 328. The molecule has 0 saturated carbocycles. The third-order valence-electron chi connectivity index (χ3n) is 1.81. The number of hydrogen-bond acceptors (Lipinski definition) is 4. The van der Waals surface area contributed by atoms with Crippen LogP contribution in [-0.4, -0.2) is 16.9 Å². The van der Waals surface area contributed by atoms with Gasteiger partial charge in [-0.15, -0.1) is 23.7 Å². The van der Waals surface area contributed by atoms with Crippen LogP contribution in [0.1, 0.15) is 32.4 Å². The summed E-state index contributed by atoms with van der Waals surface area (Å²) in [6, 6.07) is -0.111. The number of rotatable bonds is 5. The van der Waals surface area contributed by atoms with Crippen molar-refractivity contribution in [2.24, 2.45) is 5.73 Å². The van der Waals surface area contributed by atoms with Gasteiger partial charge in [-0.25, -0.2) is 4.98 Å². The van der Waals surface area contributed by atoms with E-state index in [2.05, 4.69) is 17.2 Å². The van der Waals surface area contributed by atoms with E-state index in [1.54, 1.807) is 0 Å². The third kappa shape index (κ3) is 5.44. The standard InChI is InChI=1S/C10H17N3OS.ClH/c1-3-4-8-6-15-10(12-8)13-9(14)5-7(2)11;/h6-7H,3-5,11H2,1-2H3,(H,12,13,14);1H. The second kappa shape index (κ2) is 7.60. The number of aromatic nitrogens is 1. The Balaban J connectivity index is 0.00000225. The van der Waals surface area contributed by atoms with Crippen LogP contribution in [0.2, 0.25) is 0 Å². The number of carbonyl (C=O) groups is 1. The molecule has 16 heavy (non-hydrogen) atoms. The van der Waals surface area contributed by atoms with E-state index in [-0.39, 0.29) is 24.4 Å². The first-order valence-electron chi connectivity index (χ1n) is 5.11. The highest BCUT2D eigenvalue weighted by atomic mass is 35.5. The molecule has 0 fully saturated rings. The minimum atomic E-state index is -0.111. The number of aryl methyl sites for hydroxylation is 1. The van der Waals surface area contributed by atoms with E-state index in [9.17, 15) is 4.79 Å². The second-order valence-electron chi connectivity index (χ2n) is 3.62. The lowest BCUT2D eigenvalue weighted by atomic mass is 10.2. The van der Waals surface area contributed by atoms with Crippen molar-refractivity contribution in [3.05, 3.63) is 11.1 Å². The molecule has 0 aliphatic heterocycles. The molecule has 0 radical (unpaired) electrons. The Morgan fingerprint density at radius 1 is 1.69 bits per heavy atom. The van der Waals surface area contributed by atoms with Crippen molar-refractivity contribution in [3.63, 3.8) is 0 Å². The number of hydrogen-bond donors (Lipinski definition) is 2. The van der Waals surface area contributed by atoms with Crippen LogP contribution >= 0.6 is 23.7 Å². The fourth-order valence-electron chi connectivity index (χ4n) is 1.20. The quantitative estimate of drug-likeness (QED) is 0.856. The van der Waals surface area contributed by atoms with Crippen LogP contribution in [0.25, 0.3) is 0 Å². The second-order valence-corrected chi connectivity index (χ2v) is 4.48. The van der Waals surface area contributed by atoms with Crippen LogP contribution in [0.4, 0.5) is 5.13 Å². The fourth-order valence-corrected chi connectivity index (χ4v) is 1.96. The van der Waals surface area contributed by atoms with E-state index in [0.717, 1.165) is 18.5 Å². The van der Waals surface area contributed by atoms with Gasteiger partial charge in [0.25, 0.3) is 0 Å². The minimum absolute atomic E-state index is 0. The van der Waals surface area contributed by atoms with Crippen molar-refractivity contribution in [2.45, 2.75) is 39.2 Å². The lowest BCUT2D eigenvalue weighted by Crippen LogP contribution is -2.23. The summed E-state index contributed by atoms with van der Waals surface area (Å²) >= 11 is 1.46. The number of amides is 1. The van der Waals surface area contributed by atoms with Crippen molar-refractivity contribution >= 4 is 34.8 Å². The molecule has 1 rings (SSSR count). The smallest absolute Gasteiger partial charge is 0.227 e. The number of nitrogens with one attached hydrogen (secondary N) is 1. The maximum atomic E-state index is 11.4. The first-order valence-corrected chi connectivity index (χ1v) is 5.99. The topological polar surface area (TPSA) is 68.0 Å². The largest absolute Gasteiger partial charge is 0.327 e. The van der Waals surface area contributed by atoms with Gasteiger partial charge in [0.15, 0.2) is 5.13 Å². The van der Waals surface area contributed by atoms with Crippen LogP contribution in [0, 0.1) is 0 Å². The Kier molecular flexibility index (Phi) is 7.29. The number of carbonyl (C=O) groups excluding carboxylic acids is 1. The van der Waals surface area contributed by atoms with E-state index in [4.69, 9.17) is 5.73 Å². The zero-order valence-electron chi connectivity index (χ0n) is 9.53. The lowest BCUT2D eigenvalue weighted by Gasteiger charge is -2.03. The Hall–Kier alpha value is -0.650. The van der Waals surface area contributed by atoms with Gasteiger partial charge in [0, 0.05) is 17.8 Å². The molecule has 1 aromatic heterocycles. The van der Waals surface area contributed by atoms with Gasteiger partial charge in [0.1, 0.15) is 0 Å². The van der Waals surface area contributed by atoms with E-state index in [1.807, 2.05) is 12.3 Å². The highest BCUT2D eigenvalue weighted by molar-refractivity contribution is 7.13.